The maximum absolute atomic E-state index is 13.7. The summed E-state index contributed by atoms with van der Waals surface area (Å²) in [6.07, 6.45) is 0.134. The van der Waals surface area contributed by atoms with E-state index in [0.717, 1.165) is 4.90 Å². The van der Waals surface area contributed by atoms with Crippen molar-refractivity contribution in [3.8, 4) is 0 Å². The van der Waals surface area contributed by atoms with Gasteiger partial charge in [0.25, 0.3) is 0 Å². The van der Waals surface area contributed by atoms with Crippen LogP contribution >= 0.6 is 11.8 Å². The Morgan fingerprint density at radius 1 is 1.60 bits per heavy atom. The monoisotopic (exact) mass is 221 g/mol. The van der Waals surface area contributed by atoms with Gasteiger partial charge in [-0.05, 0) is 18.6 Å². The lowest BCUT2D eigenvalue weighted by Crippen LogP contribution is -2.27. The maximum atomic E-state index is 13.7. The molecule has 0 aromatic heterocycles. The molecule has 1 aromatic rings. The van der Waals surface area contributed by atoms with Gasteiger partial charge in [0, 0.05) is 4.90 Å². The highest BCUT2D eigenvalue weighted by Crippen LogP contribution is 2.38. The number of thioether (sulfide) groups is 1. The Balaban J connectivity index is 2.49. The van der Waals surface area contributed by atoms with Crippen LogP contribution in [0.1, 0.15) is 12.5 Å². The van der Waals surface area contributed by atoms with Gasteiger partial charge in [0.05, 0.1) is 18.8 Å². The Morgan fingerprint density at radius 2 is 2.33 bits per heavy atom. The molecule has 5 heteroatoms. The van der Waals surface area contributed by atoms with Gasteiger partial charge in [-0.15, -0.1) is 11.8 Å². The van der Waals surface area contributed by atoms with E-state index in [1.165, 1.54) is 11.8 Å². The van der Waals surface area contributed by atoms with E-state index < -0.39 is 5.82 Å². The molecule has 2 radical (unpaired) electrons. The van der Waals surface area contributed by atoms with Crippen molar-refractivity contribution in [2.24, 2.45) is 0 Å². The molecular formula is C10H9BFNOS. The smallest absolute Gasteiger partial charge is 0.237 e. The molecule has 1 atom stereocenters. The molecule has 1 amide bonds. The van der Waals surface area contributed by atoms with Crippen molar-refractivity contribution in [2.75, 3.05) is 5.32 Å². The summed E-state index contributed by atoms with van der Waals surface area (Å²) in [6, 6.07) is 3.45. The molecule has 1 unspecified atom stereocenters. The van der Waals surface area contributed by atoms with E-state index in [1.54, 1.807) is 19.1 Å². The number of anilines is 1. The number of halogens is 1. The average molecular weight is 221 g/mol. The van der Waals surface area contributed by atoms with Gasteiger partial charge in [0.1, 0.15) is 5.82 Å². The van der Waals surface area contributed by atoms with Gasteiger partial charge >= 0.3 is 0 Å². The summed E-state index contributed by atoms with van der Waals surface area (Å²) in [5.74, 6) is -0.580. The molecular weight excluding hydrogens is 212 g/mol. The van der Waals surface area contributed by atoms with Gasteiger partial charge in [-0.2, -0.15) is 0 Å². The second kappa shape index (κ2) is 3.89. The molecule has 1 aromatic carbocycles. The third kappa shape index (κ3) is 1.76. The first kappa shape index (κ1) is 10.5. The second-order valence-corrected chi connectivity index (χ2v) is 4.75. The minimum atomic E-state index is -0.414. The zero-order valence-electron chi connectivity index (χ0n) is 8.21. The third-order valence-electron chi connectivity index (χ3n) is 2.32. The standard InChI is InChI=1S/C10H9BFNOS/c1-5-10(14)13-9-7(15-5)3-2-6(4-11)8(9)12/h2-3,5H,4H2,1H3,(H,13,14). The van der Waals surface area contributed by atoms with Crippen molar-refractivity contribution in [3.05, 3.63) is 23.5 Å². The Morgan fingerprint density at radius 3 is 3.00 bits per heavy atom. The number of hydrogen-bond donors (Lipinski definition) is 1. The minimum absolute atomic E-state index is 0.134. The van der Waals surface area contributed by atoms with Crippen LogP contribution in [0.25, 0.3) is 0 Å². The predicted octanol–water partition coefficient (Wildman–Crippen LogP) is 1.93. The number of nitrogens with one attached hydrogen (secondary N) is 1. The number of carbonyl (C=O) groups is 1. The van der Waals surface area contributed by atoms with E-state index in [9.17, 15) is 9.18 Å². The summed E-state index contributed by atoms with van der Waals surface area (Å²) in [7, 11) is 5.39. The van der Waals surface area contributed by atoms with Crippen molar-refractivity contribution >= 4 is 31.2 Å². The Hall–Kier alpha value is -0.965. The fourth-order valence-electron chi connectivity index (χ4n) is 1.44. The molecule has 0 bridgehead atoms. The highest BCUT2D eigenvalue weighted by molar-refractivity contribution is 8.00. The van der Waals surface area contributed by atoms with Crippen LogP contribution in [-0.2, 0) is 11.1 Å². The zero-order chi connectivity index (χ0) is 11.0. The topological polar surface area (TPSA) is 29.1 Å². The Kier molecular flexibility index (Phi) is 2.73. The van der Waals surface area contributed by atoms with Crippen molar-refractivity contribution in [1.82, 2.24) is 0 Å². The van der Waals surface area contributed by atoms with Crippen LogP contribution < -0.4 is 5.32 Å². The SMILES string of the molecule is [B]Cc1ccc2c(c1F)NC(=O)C(C)S2. The molecule has 0 saturated carbocycles. The average Bonchev–Trinajstić information content (AvgIpc) is 2.22. The number of carbonyl (C=O) groups excluding carboxylic acids is 1. The molecule has 0 aliphatic carbocycles. The Bertz CT molecular complexity index is 424. The molecule has 76 valence electrons. The first-order valence-corrected chi connectivity index (χ1v) is 5.50. The first-order chi connectivity index (χ1) is 7.13. The number of benzene rings is 1. The molecule has 2 rings (SSSR count). The largest absolute Gasteiger partial charge is 0.322 e. The maximum Gasteiger partial charge on any atom is 0.237 e. The van der Waals surface area contributed by atoms with Gasteiger partial charge in [-0.1, -0.05) is 12.4 Å². The van der Waals surface area contributed by atoms with Gasteiger partial charge < -0.3 is 5.32 Å². The molecule has 2 nitrogen and oxygen atoms in total. The van der Waals surface area contributed by atoms with Crippen molar-refractivity contribution in [1.29, 1.82) is 0 Å². The summed E-state index contributed by atoms with van der Waals surface area (Å²) < 4.78 is 13.7. The van der Waals surface area contributed by atoms with Gasteiger partial charge in [-0.25, -0.2) is 4.39 Å². The summed E-state index contributed by atoms with van der Waals surface area (Å²) in [5, 5.41) is 2.38. The van der Waals surface area contributed by atoms with E-state index in [2.05, 4.69) is 5.32 Å². The van der Waals surface area contributed by atoms with E-state index in [-0.39, 0.29) is 23.2 Å². The molecule has 1 aliphatic heterocycles. The molecule has 1 heterocycles. The normalized spacial score (nSPS) is 19.6. The number of rotatable bonds is 1. The summed E-state index contributed by atoms with van der Waals surface area (Å²) >= 11 is 1.36. The fraction of sp³-hybridized carbons (Fsp3) is 0.300. The third-order valence-corrected chi connectivity index (χ3v) is 3.49. The molecule has 0 fully saturated rings. The van der Waals surface area contributed by atoms with Crippen molar-refractivity contribution in [2.45, 2.75) is 23.4 Å². The zero-order valence-corrected chi connectivity index (χ0v) is 9.03. The lowest BCUT2D eigenvalue weighted by Gasteiger charge is -2.22. The molecule has 1 N–H and O–H groups in total. The van der Waals surface area contributed by atoms with E-state index >= 15 is 0 Å². The van der Waals surface area contributed by atoms with Crippen LogP contribution in [0.3, 0.4) is 0 Å². The highest BCUT2D eigenvalue weighted by Gasteiger charge is 2.26. The second-order valence-electron chi connectivity index (χ2n) is 3.37. The molecule has 15 heavy (non-hydrogen) atoms. The quantitative estimate of drug-likeness (QED) is 0.734. The summed E-state index contributed by atoms with van der Waals surface area (Å²) in [6.45, 7) is 1.79. The van der Waals surface area contributed by atoms with Crippen molar-refractivity contribution < 1.29 is 9.18 Å². The van der Waals surface area contributed by atoms with Crippen LogP contribution in [0.2, 0.25) is 0 Å². The van der Waals surface area contributed by atoms with Crippen LogP contribution in [-0.4, -0.2) is 19.0 Å². The summed E-state index contributed by atoms with van der Waals surface area (Å²) in [5.41, 5.74) is 0.690. The van der Waals surface area contributed by atoms with Crippen LogP contribution in [0.4, 0.5) is 10.1 Å². The van der Waals surface area contributed by atoms with E-state index in [4.69, 9.17) is 7.85 Å². The van der Waals surface area contributed by atoms with E-state index in [1.807, 2.05) is 0 Å². The van der Waals surface area contributed by atoms with Gasteiger partial charge in [0.2, 0.25) is 5.91 Å². The molecule has 0 spiro atoms. The first-order valence-electron chi connectivity index (χ1n) is 4.62. The van der Waals surface area contributed by atoms with Gasteiger partial charge in [-0.3, -0.25) is 4.79 Å². The lowest BCUT2D eigenvalue weighted by molar-refractivity contribution is -0.115. The van der Waals surface area contributed by atoms with Gasteiger partial charge in [0.15, 0.2) is 0 Å². The molecule has 0 saturated heterocycles. The van der Waals surface area contributed by atoms with Crippen molar-refractivity contribution in [3.63, 3.8) is 0 Å². The fourth-order valence-corrected chi connectivity index (χ4v) is 2.39. The van der Waals surface area contributed by atoms with E-state index in [0.29, 0.717) is 5.56 Å². The highest BCUT2D eigenvalue weighted by atomic mass is 32.2. The van der Waals surface area contributed by atoms with Crippen LogP contribution in [0.5, 0.6) is 0 Å². The molecule has 1 aliphatic rings. The van der Waals surface area contributed by atoms with Crippen LogP contribution in [0, 0.1) is 5.82 Å². The Labute approximate surface area is 93.0 Å². The lowest BCUT2D eigenvalue weighted by atomic mass is 9.96. The minimum Gasteiger partial charge on any atom is -0.322 e. The number of hydrogen-bond acceptors (Lipinski definition) is 2. The number of fused-ring (bicyclic) bond motifs is 1. The van der Waals surface area contributed by atoms with Crippen LogP contribution in [0.15, 0.2) is 17.0 Å². The summed E-state index contributed by atoms with van der Waals surface area (Å²) in [4.78, 5) is 12.1. The predicted molar refractivity (Wildman–Crippen MR) is 59.8 cm³/mol. The number of amides is 1.